The van der Waals surface area contributed by atoms with Gasteiger partial charge in [0.25, 0.3) is 0 Å². The smallest absolute Gasteiger partial charge is 0.464 e. The van der Waals surface area contributed by atoms with Crippen molar-refractivity contribution in [3.63, 3.8) is 0 Å². The highest BCUT2D eigenvalue weighted by molar-refractivity contribution is 5.87. The number of alkyl halides is 3. The average Bonchev–Trinajstić information content (AvgIpc) is 3.23. The molecule has 3 rings (SSSR count). The fourth-order valence-corrected chi connectivity index (χ4v) is 2.20. The van der Waals surface area contributed by atoms with Crippen LogP contribution in [0.2, 0.25) is 0 Å². The van der Waals surface area contributed by atoms with Crippen LogP contribution < -0.4 is 5.32 Å². The van der Waals surface area contributed by atoms with Crippen molar-refractivity contribution in [3.8, 4) is 11.4 Å². The van der Waals surface area contributed by atoms with E-state index < -0.39 is 24.1 Å². The molecule has 0 unspecified atom stereocenters. The highest BCUT2D eigenvalue weighted by Crippen LogP contribution is 2.29. The molecule has 0 spiro atoms. The van der Waals surface area contributed by atoms with E-state index in [0.717, 1.165) is 0 Å². The first-order chi connectivity index (χ1) is 14.3. The fourth-order valence-electron chi connectivity index (χ4n) is 2.20. The molecule has 2 heterocycles. The third-order valence-corrected chi connectivity index (χ3v) is 3.65. The van der Waals surface area contributed by atoms with E-state index in [4.69, 9.17) is 4.74 Å². The van der Waals surface area contributed by atoms with Gasteiger partial charge in [-0.15, -0.1) is 0 Å². The molecule has 0 atom stereocenters. The minimum atomic E-state index is -4.73. The van der Waals surface area contributed by atoms with Crippen molar-refractivity contribution in [1.82, 2.24) is 15.1 Å². The normalized spacial score (nSPS) is 11.1. The molecule has 0 saturated carbocycles. The maximum atomic E-state index is 12.5. The number of aromatic nitrogens is 3. The van der Waals surface area contributed by atoms with Gasteiger partial charge in [-0.25, -0.2) is 14.6 Å². The average molecular weight is 422 g/mol. The summed E-state index contributed by atoms with van der Waals surface area (Å²) in [5.74, 6) is -2.27. The zero-order valence-electron chi connectivity index (χ0n) is 15.3. The number of nitrogens with one attached hydrogen (secondary N) is 1. The van der Waals surface area contributed by atoms with Gasteiger partial charge in [0.2, 0.25) is 5.82 Å². The van der Waals surface area contributed by atoms with Gasteiger partial charge in [0, 0.05) is 23.0 Å². The quantitative estimate of drug-likeness (QED) is 0.619. The number of pyridine rings is 1. The second kappa shape index (κ2) is 8.59. The first-order valence-electron chi connectivity index (χ1n) is 8.24. The summed E-state index contributed by atoms with van der Waals surface area (Å²) in [5, 5.41) is 5.74. The minimum absolute atomic E-state index is 0.0958. The number of hydrogen-bond acceptors (Lipinski definition) is 8. The summed E-state index contributed by atoms with van der Waals surface area (Å²) < 4.78 is 51.3. The molecule has 0 radical (unpaired) electrons. The molecule has 0 bridgehead atoms. The number of anilines is 1. The van der Waals surface area contributed by atoms with Crippen molar-refractivity contribution in [1.29, 1.82) is 0 Å². The zero-order chi connectivity index (χ0) is 21.7. The molecular formula is C18H13F3N4O5. The van der Waals surface area contributed by atoms with Crippen molar-refractivity contribution in [2.75, 3.05) is 12.4 Å². The lowest BCUT2D eigenvalue weighted by Crippen LogP contribution is -2.13. The summed E-state index contributed by atoms with van der Waals surface area (Å²) in [7, 11) is 1.24. The van der Waals surface area contributed by atoms with E-state index in [1.807, 2.05) is 0 Å². The van der Waals surface area contributed by atoms with Crippen molar-refractivity contribution < 1.29 is 36.8 Å². The Morgan fingerprint density at radius 1 is 1.13 bits per heavy atom. The van der Waals surface area contributed by atoms with Gasteiger partial charge >= 0.3 is 24.1 Å². The Morgan fingerprint density at radius 3 is 2.43 bits per heavy atom. The summed E-state index contributed by atoms with van der Waals surface area (Å²) in [6, 6.07) is 8.69. The molecular weight excluding hydrogens is 409 g/mol. The molecule has 0 saturated heterocycles. The molecule has 1 aromatic carbocycles. The summed E-state index contributed by atoms with van der Waals surface area (Å²) >= 11 is 0. The van der Waals surface area contributed by atoms with E-state index in [1.165, 1.54) is 43.6 Å². The third-order valence-electron chi connectivity index (χ3n) is 3.65. The Balaban J connectivity index is 1.54. The van der Waals surface area contributed by atoms with Gasteiger partial charge in [0.05, 0.1) is 7.11 Å². The van der Waals surface area contributed by atoms with Gasteiger partial charge < -0.3 is 14.0 Å². The van der Waals surface area contributed by atoms with Crippen molar-refractivity contribution in [2.24, 2.45) is 0 Å². The molecule has 1 amide bonds. The molecule has 0 aliphatic rings. The number of carbonyl (C=O) groups is 2. The Bertz CT molecular complexity index is 1030. The number of amides is 1. The molecule has 156 valence electrons. The first-order valence-corrected chi connectivity index (χ1v) is 8.24. The molecule has 0 aliphatic heterocycles. The second-order valence-corrected chi connectivity index (χ2v) is 5.74. The van der Waals surface area contributed by atoms with E-state index in [1.54, 1.807) is 6.07 Å². The third kappa shape index (κ3) is 5.10. The monoisotopic (exact) mass is 422 g/mol. The topological polar surface area (TPSA) is 116 Å². The largest absolute Gasteiger partial charge is 0.471 e. The predicted molar refractivity (Wildman–Crippen MR) is 94.1 cm³/mol. The number of hydrogen-bond donors (Lipinski definition) is 1. The molecule has 1 N–H and O–H groups in total. The van der Waals surface area contributed by atoms with E-state index in [2.05, 4.69) is 29.7 Å². The van der Waals surface area contributed by atoms with Crippen LogP contribution in [0.25, 0.3) is 11.4 Å². The first kappa shape index (κ1) is 20.8. The standard InChI is InChI=1S/C18H13F3N4O5/c1-28-15(26)13-7-2-10(8-22-13)9-29-17(27)23-12-5-3-11(4-6-12)14-24-16(30-25-14)18(19,20)21/h2-8H,9H2,1H3,(H,23,27). The number of methoxy groups -OCH3 is 1. The van der Waals surface area contributed by atoms with E-state index in [9.17, 15) is 22.8 Å². The van der Waals surface area contributed by atoms with Crippen LogP contribution in [0.5, 0.6) is 0 Å². The van der Waals surface area contributed by atoms with Crippen LogP contribution in [0.4, 0.5) is 23.7 Å². The Kier molecular flexibility index (Phi) is 5.95. The van der Waals surface area contributed by atoms with Gasteiger partial charge in [-0.2, -0.15) is 18.2 Å². The molecule has 9 nitrogen and oxygen atoms in total. The zero-order valence-corrected chi connectivity index (χ0v) is 15.3. The second-order valence-electron chi connectivity index (χ2n) is 5.74. The number of ether oxygens (including phenoxy) is 2. The van der Waals surface area contributed by atoms with Gasteiger partial charge in [-0.05, 0) is 30.3 Å². The van der Waals surface area contributed by atoms with Gasteiger partial charge in [-0.3, -0.25) is 5.32 Å². The lowest BCUT2D eigenvalue weighted by atomic mass is 10.2. The fraction of sp³-hybridized carbons (Fsp3) is 0.167. The van der Waals surface area contributed by atoms with E-state index >= 15 is 0 Å². The molecule has 0 fully saturated rings. The molecule has 3 aromatic rings. The summed E-state index contributed by atoms with van der Waals surface area (Å²) in [4.78, 5) is 30.4. The van der Waals surface area contributed by atoms with Crippen molar-refractivity contribution in [2.45, 2.75) is 12.8 Å². The van der Waals surface area contributed by atoms with Crippen LogP contribution in [0, 0.1) is 0 Å². The van der Waals surface area contributed by atoms with Gasteiger partial charge in [0.1, 0.15) is 12.3 Å². The van der Waals surface area contributed by atoms with Crippen molar-refractivity contribution in [3.05, 3.63) is 59.7 Å². The van der Waals surface area contributed by atoms with Crippen molar-refractivity contribution >= 4 is 17.7 Å². The minimum Gasteiger partial charge on any atom is -0.464 e. The molecule has 12 heteroatoms. The lowest BCUT2D eigenvalue weighted by Gasteiger charge is -2.07. The van der Waals surface area contributed by atoms with Crippen LogP contribution in [0.3, 0.4) is 0 Å². The van der Waals surface area contributed by atoms with Crippen LogP contribution >= 0.6 is 0 Å². The number of halogens is 3. The number of nitrogens with zero attached hydrogens (tertiary/aromatic N) is 3. The van der Waals surface area contributed by atoms with Crippen LogP contribution in [-0.2, 0) is 22.3 Å². The van der Waals surface area contributed by atoms with Crippen LogP contribution in [-0.4, -0.2) is 34.3 Å². The van der Waals surface area contributed by atoms with Gasteiger partial charge in [-0.1, -0.05) is 11.2 Å². The van der Waals surface area contributed by atoms with E-state index in [-0.39, 0.29) is 23.7 Å². The highest BCUT2D eigenvalue weighted by atomic mass is 19.4. The number of benzene rings is 1. The summed E-state index contributed by atoms with van der Waals surface area (Å²) in [6.45, 7) is -0.0958. The van der Waals surface area contributed by atoms with Crippen LogP contribution in [0.1, 0.15) is 21.9 Å². The summed E-state index contributed by atoms with van der Waals surface area (Å²) in [6.07, 6.45) is -4.13. The Hall–Kier alpha value is -3.96. The van der Waals surface area contributed by atoms with Crippen LogP contribution in [0.15, 0.2) is 47.1 Å². The number of rotatable bonds is 5. The Labute approximate surface area is 166 Å². The lowest BCUT2D eigenvalue weighted by molar-refractivity contribution is -0.159. The molecule has 0 aliphatic carbocycles. The maximum Gasteiger partial charge on any atom is 0.471 e. The van der Waals surface area contributed by atoms with E-state index in [0.29, 0.717) is 11.3 Å². The molecule has 30 heavy (non-hydrogen) atoms. The Morgan fingerprint density at radius 2 is 1.87 bits per heavy atom. The van der Waals surface area contributed by atoms with Gasteiger partial charge in [0.15, 0.2) is 0 Å². The predicted octanol–water partition coefficient (Wildman–Crippen LogP) is 3.69. The number of esters is 1. The number of carbonyl (C=O) groups excluding carboxylic acids is 2. The maximum absolute atomic E-state index is 12.5. The molecule has 2 aromatic heterocycles. The highest BCUT2D eigenvalue weighted by Gasteiger charge is 2.38. The SMILES string of the molecule is COC(=O)c1ccc(COC(=O)Nc2ccc(-c3noc(C(F)(F)F)n3)cc2)cn1. The summed E-state index contributed by atoms with van der Waals surface area (Å²) in [5.41, 5.74) is 1.27.